The summed E-state index contributed by atoms with van der Waals surface area (Å²) in [5.74, 6) is -0.683. The average molecular weight is 352 g/mol. The maximum atomic E-state index is 12.9. The number of amides is 1. The number of nitrogens with zero attached hydrogens (tertiary/aromatic N) is 1. The van der Waals surface area contributed by atoms with Crippen LogP contribution in [-0.4, -0.2) is 16.6 Å². The van der Waals surface area contributed by atoms with Crippen molar-refractivity contribution in [1.82, 2.24) is 4.98 Å². The van der Waals surface area contributed by atoms with Crippen molar-refractivity contribution in [3.63, 3.8) is 0 Å². The summed E-state index contributed by atoms with van der Waals surface area (Å²) >= 11 is 1.02. The number of anilines is 1. The fourth-order valence-corrected chi connectivity index (χ4v) is 2.70. The van der Waals surface area contributed by atoms with E-state index in [1.54, 1.807) is 24.3 Å². The molecule has 8 heteroatoms. The molecule has 0 aliphatic heterocycles. The summed E-state index contributed by atoms with van der Waals surface area (Å²) in [6.45, 7) is 0. The van der Waals surface area contributed by atoms with Gasteiger partial charge < -0.3 is 9.73 Å². The minimum absolute atomic E-state index is 0.112. The third kappa shape index (κ3) is 3.70. The number of nitrogens with one attached hydrogen (secondary N) is 1. The van der Waals surface area contributed by atoms with Gasteiger partial charge in [0.15, 0.2) is 5.58 Å². The van der Waals surface area contributed by atoms with Crippen molar-refractivity contribution in [1.29, 1.82) is 0 Å². The molecule has 3 rings (SSSR count). The molecule has 2 aromatic carbocycles. The smallest absolute Gasteiger partial charge is 0.418 e. The Labute approximate surface area is 139 Å². The predicted octanol–water partition coefficient (Wildman–Crippen LogP) is 4.58. The van der Waals surface area contributed by atoms with E-state index >= 15 is 0 Å². The lowest BCUT2D eigenvalue weighted by Crippen LogP contribution is -2.18. The normalized spacial score (nSPS) is 11.6. The number of benzene rings is 2. The van der Waals surface area contributed by atoms with Gasteiger partial charge >= 0.3 is 6.18 Å². The average Bonchev–Trinajstić information content (AvgIpc) is 2.95. The Kier molecular flexibility index (Phi) is 4.48. The summed E-state index contributed by atoms with van der Waals surface area (Å²) in [7, 11) is 0. The molecule has 0 saturated carbocycles. The summed E-state index contributed by atoms with van der Waals surface area (Å²) in [6.07, 6.45) is -4.53. The van der Waals surface area contributed by atoms with Crippen LogP contribution in [0.2, 0.25) is 0 Å². The van der Waals surface area contributed by atoms with Gasteiger partial charge in [-0.05, 0) is 24.3 Å². The van der Waals surface area contributed by atoms with Crippen LogP contribution in [0.25, 0.3) is 11.1 Å². The first-order valence-corrected chi connectivity index (χ1v) is 7.86. The fraction of sp³-hybridized carbons (Fsp3) is 0.125. The largest absolute Gasteiger partial charge is 0.431 e. The lowest BCUT2D eigenvalue weighted by Gasteiger charge is -2.13. The molecule has 0 aliphatic rings. The van der Waals surface area contributed by atoms with Crippen LogP contribution in [0.15, 0.2) is 58.2 Å². The number of fused-ring (bicyclic) bond motifs is 1. The van der Waals surface area contributed by atoms with Crippen molar-refractivity contribution in [3.8, 4) is 0 Å². The highest BCUT2D eigenvalue weighted by molar-refractivity contribution is 7.99. The van der Waals surface area contributed by atoms with Crippen LogP contribution in [-0.2, 0) is 11.0 Å². The zero-order valence-electron chi connectivity index (χ0n) is 12.1. The van der Waals surface area contributed by atoms with Gasteiger partial charge in [0, 0.05) is 0 Å². The molecule has 24 heavy (non-hydrogen) atoms. The van der Waals surface area contributed by atoms with Crippen LogP contribution in [0, 0.1) is 0 Å². The number of aromatic nitrogens is 1. The molecule has 1 heterocycles. The highest BCUT2D eigenvalue weighted by Gasteiger charge is 2.33. The number of para-hydroxylation sites is 3. The lowest BCUT2D eigenvalue weighted by atomic mass is 10.1. The zero-order valence-corrected chi connectivity index (χ0v) is 12.9. The zero-order chi connectivity index (χ0) is 17.2. The van der Waals surface area contributed by atoms with E-state index in [1.165, 1.54) is 18.2 Å². The quantitative estimate of drug-likeness (QED) is 0.699. The standard InChI is InChI=1S/C16H11F3N2O2S/c17-16(18,19)10-5-1-2-6-11(10)20-14(22)9-24-15-21-12-7-3-4-8-13(12)23-15/h1-8H,9H2,(H,20,22). The SMILES string of the molecule is O=C(CSc1nc2ccccc2o1)Nc1ccccc1C(F)(F)F. The number of oxazole rings is 1. The first kappa shape index (κ1) is 16.4. The minimum atomic E-state index is -4.53. The Morgan fingerprint density at radius 3 is 2.58 bits per heavy atom. The Balaban J connectivity index is 1.66. The third-order valence-corrected chi connectivity index (χ3v) is 3.94. The van der Waals surface area contributed by atoms with Gasteiger partial charge in [0.05, 0.1) is 17.0 Å². The van der Waals surface area contributed by atoms with E-state index in [9.17, 15) is 18.0 Å². The number of halogens is 3. The number of carbonyl (C=O) groups excluding carboxylic acids is 1. The monoisotopic (exact) mass is 352 g/mol. The predicted molar refractivity (Wildman–Crippen MR) is 84.8 cm³/mol. The lowest BCUT2D eigenvalue weighted by molar-refractivity contribution is -0.137. The van der Waals surface area contributed by atoms with E-state index in [-0.39, 0.29) is 16.7 Å². The molecule has 0 radical (unpaired) electrons. The minimum Gasteiger partial charge on any atom is -0.431 e. The highest BCUT2D eigenvalue weighted by atomic mass is 32.2. The van der Waals surface area contributed by atoms with Gasteiger partial charge in [-0.25, -0.2) is 4.98 Å². The van der Waals surface area contributed by atoms with E-state index in [4.69, 9.17) is 4.42 Å². The summed E-state index contributed by atoms with van der Waals surface area (Å²) in [5.41, 5.74) is 0.0871. The maximum absolute atomic E-state index is 12.9. The van der Waals surface area contributed by atoms with Gasteiger partial charge in [-0.2, -0.15) is 13.2 Å². The topological polar surface area (TPSA) is 55.1 Å². The van der Waals surface area contributed by atoms with E-state index < -0.39 is 17.6 Å². The Morgan fingerprint density at radius 1 is 1.12 bits per heavy atom. The van der Waals surface area contributed by atoms with E-state index in [0.29, 0.717) is 11.1 Å². The molecule has 0 fully saturated rings. The van der Waals surface area contributed by atoms with Gasteiger partial charge in [0.25, 0.3) is 5.22 Å². The molecule has 0 unspecified atom stereocenters. The first-order chi connectivity index (χ1) is 11.4. The number of alkyl halides is 3. The Bertz CT molecular complexity index is 844. The van der Waals surface area contributed by atoms with Crippen molar-refractivity contribution >= 4 is 34.5 Å². The van der Waals surface area contributed by atoms with Crippen molar-refractivity contribution in [2.24, 2.45) is 0 Å². The van der Waals surface area contributed by atoms with Gasteiger partial charge in [-0.3, -0.25) is 4.79 Å². The number of carbonyl (C=O) groups is 1. The van der Waals surface area contributed by atoms with Crippen molar-refractivity contribution in [2.45, 2.75) is 11.4 Å². The molecular weight excluding hydrogens is 341 g/mol. The summed E-state index contributed by atoms with van der Waals surface area (Å²) < 4.78 is 44.1. The van der Waals surface area contributed by atoms with Crippen LogP contribution in [0.5, 0.6) is 0 Å². The van der Waals surface area contributed by atoms with Gasteiger partial charge in [-0.1, -0.05) is 36.0 Å². The van der Waals surface area contributed by atoms with E-state index in [1.807, 2.05) is 0 Å². The molecule has 0 saturated heterocycles. The molecule has 3 aromatic rings. The van der Waals surface area contributed by atoms with Crippen molar-refractivity contribution < 1.29 is 22.4 Å². The van der Waals surface area contributed by atoms with E-state index in [0.717, 1.165) is 17.8 Å². The Morgan fingerprint density at radius 2 is 1.83 bits per heavy atom. The highest BCUT2D eigenvalue weighted by Crippen LogP contribution is 2.34. The molecule has 0 atom stereocenters. The summed E-state index contributed by atoms with van der Waals surface area (Å²) in [6, 6.07) is 11.9. The molecule has 0 aliphatic carbocycles. The molecule has 4 nitrogen and oxygen atoms in total. The molecule has 1 amide bonds. The van der Waals surface area contributed by atoms with Crippen LogP contribution >= 0.6 is 11.8 Å². The molecule has 1 N–H and O–H groups in total. The van der Waals surface area contributed by atoms with Gasteiger partial charge in [0.2, 0.25) is 5.91 Å². The number of thioether (sulfide) groups is 1. The molecule has 1 aromatic heterocycles. The maximum Gasteiger partial charge on any atom is 0.418 e. The number of rotatable bonds is 4. The number of hydrogen-bond donors (Lipinski definition) is 1. The first-order valence-electron chi connectivity index (χ1n) is 6.88. The van der Waals surface area contributed by atoms with Crippen LogP contribution in [0.3, 0.4) is 0 Å². The third-order valence-electron chi connectivity index (χ3n) is 3.11. The van der Waals surface area contributed by atoms with Crippen LogP contribution < -0.4 is 5.32 Å². The second-order valence-corrected chi connectivity index (χ2v) is 5.75. The molecular formula is C16H11F3N2O2S. The van der Waals surface area contributed by atoms with Gasteiger partial charge in [0.1, 0.15) is 5.52 Å². The summed E-state index contributed by atoms with van der Waals surface area (Å²) in [4.78, 5) is 16.1. The van der Waals surface area contributed by atoms with E-state index in [2.05, 4.69) is 10.3 Å². The second kappa shape index (κ2) is 6.56. The molecule has 124 valence electrons. The van der Waals surface area contributed by atoms with Crippen LogP contribution in [0.1, 0.15) is 5.56 Å². The van der Waals surface area contributed by atoms with Crippen LogP contribution in [0.4, 0.5) is 18.9 Å². The molecule has 0 spiro atoms. The fourth-order valence-electron chi connectivity index (χ4n) is 2.07. The summed E-state index contributed by atoms with van der Waals surface area (Å²) in [5, 5.41) is 2.56. The van der Waals surface area contributed by atoms with Crippen molar-refractivity contribution in [2.75, 3.05) is 11.1 Å². The van der Waals surface area contributed by atoms with Crippen molar-refractivity contribution in [3.05, 3.63) is 54.1 Å². The number of hydrogen-bond acceptors (Lipinski definition) is 4. The second-order valence-electron chi connectivity index (χ2n) is 4.83. The molecule has 0 bridgehead atoms. The Hall–Kier alpha value is -2.48. The van der Waals surface area contributed by atoms with Gasteiger partial charge in [-0.15, -0.1) is 0 Å².